The van der Waals surface area contributed by atoms with Crippen LogP contribution in [0.15, 0.2) is 60.9 Å². The van der Waals surface area contributed by atoms with Crippen LogP contribution in [-0.2, 0) is 11.2 Å². The third-order valence-electron chi connectivity index (χ3n) is 5.60. The first-order valence-electron chi connectivity index (χ1n) is 11.6. The molecule has 0 aliphatic carbocycles. The van der Waals surface area contributed by atoms with Crippen LogP contribution in [0, 0.1) is 0 Å². The molecular weight excluding hydrogens is 448 g/mol. The lowest BCUT2D eigenvalue weighted by Gasteiger charge is -2.33. The summed E-state index contributed by atoms with van der Waals surface area (Å²) in [5, 5.41) is 11.8. The molecule has 9 heteroatoms. The van der Waals surface area contributed by atoms with Gasteiger partial charge in [-0.1, -0.05) is 24.3 Å². The monoisotopic (exact) mass is 476 g/mol. The summed E-state index contributed by atoms with van der Waals surface area (Å²) in [6, 6.07) is 13.9. The first-order valence-corrected chi connectivity index (χ1v) is 11.6. The zero-order chi connectivity index (χ0) is 24.6. The maximum Gasteiger partial charge on any atom is 0.335 e. The molecule has 2 N–H and O–H groups in total. The molecule has 2 aromatic carbocycles. The summed E-state index contributed by atoms with van der Waals surface area (Å²) < 4.78 is 11.9. The summed E-state index contributed by atoms with van der Waals surface area (Å²) in [7, 11) is 0. The molecule has 182 valence electrons. The molecule has 35 heavy (non-hydrogen) atoms. The molecule has 2 heterocycles. The van der Waals surface area contributed by atoms with E-state index in [2.05, 4.69) is 20.2 Å². The average Bonchev–Trinajstić information content (AvgIpc) is 2.86. The van der Waals surface area contributed by atoms with E-state index < -0.39 is 5.97 Å². The Labute approximate surface area is 203 Å². The van der Waals surface area contributed by atoms with Gasteiger partial charge in [0.15, 0.2) is 17.3 Å². The van der Waals surface area contributed by atoms with Crippen molar-refractivity contribution in [2.24, 2.45) is 0 Å². The number of piperidine rings is 1. The van der Waals surface area contributed by atoms with Gasteiger partial charge in [-0.2, -0.15) is 0 Å². The zero-order valence-corrected chi connectivity index (χ0v) is 19.5. The predicted molar refractivity (Wildman–Crippen MR) is 131 cm³/mol. The molecule has 4 rings (SSSR count). The highest BCUT2D eigenvalue weighted by Crippen LogP contribution is 2.30. The topological polar surface area (TPSA) is 114 Å². The Hall–Kier alpha value is -4.14. The maximum atomic E-state index is 12.5. The van der Waals surface area contributed by atoms with Gasteiger partial charge in [-0.05, 0) is 49.6 Å². The van der Waals surface area contributed by atoms with Crippen LogP contribution in [0.25, 0.3) is 0 Å². The molecule has 1 unspecified atom stereocenters. The summed E-state index contributed by atoms with van der Waals surface area (Å²) in [6.45, 7) is 3.97. The van der Waals surface area contributed by atoms with Crippen molar-refractivity contribution in [2.75, 3.05) is 29.9 Å². The van der Waals surface area contributed by atoms with Gasteiger partial charge < -0.3 is 24.8 Å². The van der Waals surface area contributed by atoms with Crippen LogP contribution in [0.3, 0.4) is 0 Å². The second kappa shape index (κ2) is 11.3. The molecule has 1 atom stereocenters. The van der Waals surface area contributed by atoms with E-state index in [1.807, 2.05) is 31.2 Å². The Morgan fingerprint density at radius 3 is 2.63 bits per heavy atom. The van der Waals surface area contributed by atoms with E-state index in [9.17, 15) is 9.59 Å². The number of benzene rings is 2. The standard InChI is InChI=1S/C26H28N4O5/c1-2-34-21-7-3-4-8-22(21)35-20-6-5-13-30(17-20)24-16-27-15-23(28-24)29-25(31)14-18-9-11-19(12-10-18)26(32)33/h3-4,7-12,15-16,20H,2,5-6,13-14,17H2,1H3,(H,32,33)(H,28,29,31). The van der Waals surface area contributed by atoms with Crippen LogP contribution in [0.1, 0.15) is 35.7 Å². The minimum Gasteiger partial charge on any atom is -0.490 e. The summed E-state index contributed by atoms with van der Waals surface area (Å²) >= 11 is 0. The van der Waals surface area contributed by atoms with Crippen molar-refractivity contribution in [1.82, 2.24) is 9.97 Å². The Balaban J connectivity index is 1.37. The number of carbonyl (C=O) groups is 2. The van der Waals surface area contributed by atoms with Crippen LogP contribution in [0.4, 0.5) is 11.6 Å². The number of para-hydroxylation sites is 2. The number of anilines is 2. The van der Waals surface area contributed by atoms with Gasteiger partial charge in [-0.3, -0.25) is 9.78 Å². The Morgan fingerprint density at radius 1 is 1.11 bits per heavy atom. The number of hydrogen-bond acceptors (Lipinski definition) is 7. The van der Waals surface area contributed by atoms with E-state index in [4.69, 9.17) is 14.6 Å². The van der Waals surface area contributed by atoms with Gasteiger partial charge in [0.05, 0.1) is 37.5 Å². The third kappa shape index (κ3) is 6.47. The average molecular weight is 477 g/mol. The second-order valence-electron chi connectivity index (χ2n) is 8.20. The van der Waals surface area contributed by atoms with E-state index in [1.54, 1.807) is 18.3 Å². The number of carboxylic acids is 1. The maximum absolute atomic E-state index is 12.5. The fraction of sp³-hybridized carbons (Fsp3) is 0.308. The van der Waals surface area contributed by atoms with Gasteiger partial charge >= 0.3 is 5.97 Å². The van der Waals surface area contributed by atoms with Crippen LogP contribution in [0.2, 0.25) is 0 Å². The van der Waals surface area contributed by atoms with E-state index in [0.29, 0.717) is 30.4 Å². The smallest absolute Gasteiger partial charge is 0.335 e. The van der Waals surface area contributed by atoms with Gasteiger partial charge in [0.25, 0.3) is 0 Å². The molecule has 1 aliphatic rings. The lowest BCUT2D eigenvalue weighted by Crippen LogP contribution is -2.41. The molecule has 1 saturated heterocycles. The number of carbonyl (C=O) groups excluding carboxylic acids is 1. The third-order valence-corrected chi connectivity index (χ3v) is 5.60. The minimum atomic E-state index is -1.00. The number of ether oxygens (including phenoxy) is 2. The molecule has 1 aromatic heterocycles. The van der Waals surface area contributed by atoms with Gasteiger partial charge in [0.1, 0.15) is 11.9 Å². The lowest BCUT2D eigenvalue weighted by molar-refractivity contribution is -0.115. The van der Waals surface area contributed by atoms with Gasteiger partial charge in [-0.15, -0.1) is 0 Å². The van der Waals surface area contributed by atoms with Crippen LogP contribution < -0.4 is 19.7 Å². The van der Waals surface area contributed by atoms with Crippen LogP contribution in [0.5, 0.6) is 11.5 Å². The Morgan fingerprint density at radius 2 is 1.89 bits per heavy atom. The summed E-state index contributed by atoms with van der Waals surface area (Å²) in [5.41, 5.74) is 0.887. The first-order chi connectivity index (χ1) is 17.0. The van der Waals surface area contributed by atoms with Gasteiger partial charge in [0.2, 0.25) is 5.91 Å². The molecular formula is C26H28N4O5. The number of rotatable bonds is 9. The van der Waals surface area contributed by atoms with Crippen molar-refractivity contribution in [1.29, 1.82) is 0 Å². The summed E-state index contributed by atoms with van der Waals surface area (Å²) in [5.74, 6) is 1.22. The molecule has 9 nitrogen and oxygen atoms in total. The number of aromatic nitrogens is 2. The van der Waals surface area contributed by atoms with E-state index in [-0.39, 0.29) is 24.0 Å². The number of nitrogens with one attached hydrogen (secondary N) is 1. The Kier molecular flexibility index (Phi) is 7.77. The van der Waals surface area contributed by atoms with Gasteiger partial charge in [0, 0.05) is 6.54 Å². The highest BCUT2D eigenvalue weighted by molar-refractivity contribution is 5.92. The highest BCUT2D eigenvalue weighted by Gasteiger charge is 2.24. The SMILES string of the molecule is CCOc1ccccc1OC1CCCN(c2cncc(NC(=O)Cc3ccc(C(=O)O)cc3)n2)C1. The number of hydrogen-bond donors (Lipinski definition) is 2. The number of amides is 1. The summed E-state index contributed by atoms with van der Waals surface area (Å²) in [6.07, 6.45) is 5.11. The first kappa shape index (κ1) is 24.0. The Bertz CT molecular complexity index is 1170. The van der Waals surface area contributed by atoms with Crippen molar-refractivity contribution in [2.45, 2.75) is 32.3 Å². The van der Waals surface area contributed by atoms with E-state index >= 15 is 0 Å². The fourth-order valence-electron chi connectivity index (χ4n) is 3.95. The molecule has 1 fully saturated rings. The minimum absolute atomic E-state index is 0.0285. The second-order valence-corrected chi connectivity index (χ2v) is 8.20. The van der Waals surface area contributed by atoms with Crippen LogP contribution >= 0.6 is 0 Å². The van der Waals surface area contributed by atoms with Crippen molar-refractivity contribution in [3.05, 3.63) is 72.1 Å². The molecule has 0 radical (unpaired) electrons. The molecule has 1 amide bonds. The summed E-state index contributed by atoms with van der Waals surface area (Å²) in [4.78, 5) is 34.4. The van der Waals surface area contributed by atoms with Crippen molar-refractivity contribution in [3.63, 3.8) is 0 Å². The lowest BCUT2D eigenvalue weighted by atomic mass is 10.1. The fourth-order valence-corrected chi connectivity index (χ4v) is 3.95. The normalized spacial score (nSPS) is 15.3. The molecule has 0 saturated carbocycles. The number of nitrogens with zero attached hydrogens (tertiary/aromatic N) is 3. The quantitative estimate of drug-likeness (QED) is 0.479. The van der Waals surface area contributed by atoms with Crippen molar-refractivity contribution >= 4 is 23.5 Å². The van der Waals surface area contributed by atoms with E-state index in [1.165, 1.54) is 18.3 Å². The number of carboxylic acid groups (broad SMARTS) is 1. The molecule has 1 aliphatic heterocycles. The predicted octanol–water partition coefficient (Wildman–Crippen LogP) is 3.80. The van der Waals surface area contributed by atoms with Gasteiger partial charge in [-0.25, -0.2) is 9.78 Å². The zero-order valence-electron chi connectivity index (χ0n) is 19.5. The molecule has 3 aromatic rings. The van der Waals surface area contributed by atoms with E-state index in [0.717, 1.165) is 30.9 Å². The van der Waals surface area contributed by atoms with Crippen molar-refractivity contribution in [3.8, 4) is 11.5 Å². The highest BCUT2D eigenvalue weighted by atomic mass is 16.5. The largest absolute Gasteiger partial charge is 0.490 e. The number of aromatic carboxylic acids is 1. The molecule has 0 bridgehead atoms. The molecule has 0 spiro atoms. The van der Waals surface area contributed by atoms with Crippen molar-refractivity contribution < 1.29 is 24.2 Å². The van der Waals surface area contributed by atoms with Crippen LogP contribution in [-0.4, -0.2) is 52.8 Å².